The molecule has 5 rings (SSSR count). The second-order valence-corrected chi connectivity index (χ2v) is 11.8. The molecule has 1 aliphatic heterocycles. The number of nitrogens with zero attached hydrogens (tertiary/aromatic N) is 3. The Morgan fingerprint density at radius 2 is 1.65 bits per heavy atom. The first-order valence-corrected chi connectivity index (χ1v) is 14.1. The number of amides is 1. The first-order chi connectivity index (χ1) is 18.9. The molecule has 40 heavy (non-hydrogen) atoms. The second kappa shape index (κ2) is 10.9. The third-order valence-electron chi connectivity index (χ3n) is 8.46. The van der Waals surface area contributed by atoms with Crippen molar-refractivity contribution in [3.63, 3.8) is 0 Å². The molecular formula is C32H38F2N4O2. The number of aromatic nitrogens is 2. The molecule has 1 amide bonds. The topological polar surface area (TPSA) is 81.2 Å². The number of carbonyl (C=O) groups is 1. The number of benzene rings is 2. The number of hydrogen-bond donors (Lipinski definition) is 1. The molecule has 2 heterocycles. The highest BCUT2D eigenvalue weighted by Gasteiger charge is 2.44. The molecule has 2 aliphatic rings. The molecule has 1 aliphatic carbocycles. The van der Waals surface area contributed by atoms with Crippen LogP contribution in [0.4, 0.5) is 8.78 Å². The van der Waals surface area contributed by atoms with E-state index in [4.69, 9.17) is 5.73 Å². The van der Waals surface area contributed by atoms with E-state index >= 15 is 4.39 Å². The van der Waals surface area contributed by atoms with Crippen LogP contribution in [0.3, 0.4) is 0 Å². The fourth-order valence-electron chi connectivity index (χ4n) is 6.40. The number of aryl methyl sites for hydroxylation is 5. The van der Waals surface area contributed by atoms with Gasteiger partial charge in [0.05, 0.1) is 5.69 Å². The summed E-state index contributed by atoms with van der Waals surface area (Å²) in [4.78, 5) is 28.4. The monoisotopic (exact) mass is 548 g/mol. The Bertz CT molecular complexity index is 1500. The zero-order chi connectivity index (χ0) is 28.9. The Kier molecular flexibility index (Phi) is 7.66. The first-order valence-electron chi connectivity index (χ1n) is 14.1. The minimum atomic E-state index is -1.14. The standard InChI is InChI=1S/C32H38F2N4O2/c1-17-10-19(3)28(20(4)11-17)23-12-21(5)30(34)25(14-23)29(22-6-7-22)31(32(35)40)38-27(39)13-18(2)26(36-38)8-9-37-15-24(33)16-37/h10-14,22,24,29,31H,6-9,15-16H2,1-5H3,(H2,35,40). The predicted octanol–water partition coefficient (Wildman–Crippen LogP) is 5.01. The largest absolute Gasteiger partial charge is 0.368 e. The number of likely N-dealkylation sites (tertiary alicyclic amines) is 1. The summed E-state index contributed by atoms with van der Waals surface area (Å²) in [5.41, 5.74) is 13.0. The van der Waals surface area contributed by atoms with E-state index in [9.17, 15) is 14.0 Å². The zero-order valence-corrected chi connectivity index (χ0v) is 23.9. The van der Waals surface area contributed by atoms with E-state index in [1.807, 2.05) is 37.8 Å². The van der Waals surface area contributed by atoms with Crippen molar-refractivity contribution >= 4 is 5.91 Å². The van der Waals surface area contributed by atoms with Crippen LogP contribution >= 0.6 is 0 Å². The average Bonchev–Trinajstić information content (AvgIpc) is 3.67. The van der Waals surface area contributed by atoms with Crippen LogP contribution in [0.5, 0.6) is 0 Å². The van der Waals surface area contributed by atoms with Gasteiger partial charge >= 0.3 is 0 Å². The summed E-state index contributed by atoms with van der Waals surface area (Å²) in [5, 5.41) is 4.63. The quantitative estimate of drug-likeness (QED) is 0.408. The Balaban J connectivity index is 1.60. The maximum atomic E-state index is 16.0. The highest BCUT2D eigenvalue weighted by atomic mass is 19.1. The molecule has 2 aromatic carbocycles. The van der Waals surface area contributed by atoms with Crippen LogP contribution in [0.25, 0.3) is 11.1 Å². The van der Waals surface area contributed by atoms with E-state index in [0.29, 0.717) is 48.4 Å². The molecule has 0 bridgehead atoms. The number of rotatable bonds is 9. The van der Waals surface area contributed by atoms with Crippen LogP contribution in [0.1, 0.15) is 63.9 Å². The van der Waals surface area contributed by atoms with Gasteiger partial charge < -0.3 is 5.73 Å². The molecule has 3 aromatic rings. The number of nitrogens with two attached hydrogens (primary N) is 1. The first kappa shape index (κ1) is 28.1. The van der Waals surface area contributed by atoms with Crippen LogP contribution in [0, 0.1) is 46.4 Å². The van der Waals surface area contributed by atoms with Gasteiger partial charge in [-0.2, -0.15) is 5.10 Å². The Morgan fingerprint density at radius 3 is 2.23 bits per heavy atom. The molecule has 1 saturated carbocycles. The summed E-state index contributed by atoms with van der Waals surface area (Å²) in [5.74, 6) is -1.73. The van der Waals surface area contributed by atoms with Gasteiger partial charge in [0.25, 0.3) is 5.56 Å². The average molecular weight is 549 g/mol. The van der Waals surface area contributed by atoms with E-state index in [-0.39, 0.29) is 11.7 Å². The molecule has 2 fully saturated rings. The number of primary amides is 1. The lowest BCUT2D eigenvalue weighted by Gasteiger charge is -2.34. The van der Waals surface area contributed by atoms with Crippen LogP contribution in [-0.2, 0) is 11.2 Å². The van der Waals surface area contributed by atoms with Gasteiger partial charge in [-0.1, -0.05) is 17.7 Å². The van der Waals surface area contributed by atoms with Gasteiger partial charge in [-0.25, -0.2) is 13.5 Å². The minimum Gasteiger partial charge on any atom is -0.368 e. The van der Waals surface area contributed by atoms with Crippen molar-refractivity contribution in [3.8, 4) is 11.1 Å². The van der Waals surface area contributed by atoms with E-state index < -0.39 is 29.6 Å². The van der Waals surface area contributed by atoms with E-state index in [1.54, 1.807) is 13.8 Å². The molecule has 2 unspecified atom stereocenters. The van der Waals surface area contributed by atoms with Crippen LogP contribution in [0.2, 0.25) is 0 Å². The molecule has 0 spiro atoms. The van der Waals surface area contributed by atoms with Crippen molar-refractivity contribution in [1.29, 1.82) is 0 Å². The molecule has 1 saturated heterocycles. The molecule has 0 radical (unpaired) electrons. The molecule has 8 heteroatoms. The van der Waals surface area contributed by atoms with Crippen molar-refractivity contribution in [2.24, 2.45) is 11.7 Å². The maximum absolute atomic E-state index is 16.0. The van der Waals surface area contributed by atoms with Gasteiger partial charge in [-0.15, -0.1) is 0 Å². The summed E-state index contributed by atoms with van der Waals surface area (Å²) >= 11 is 0. The van der Waals surface area contributed by atoms with Gasteiger partial charge in [0.1, 0.15) is 18.0 Å². The van der Waals surface area contributed by atoms with Gasteiger partial charge in [0, 0.05) is 38.0 Å². The number of hydrogen-bond acceptors (Lipinski definition) is 4. The van der Waals surface area contributed by atoms with Gasteiger partial charge in [0.15, 0.2) is 0 Å². The van der Waals surface area contributed by atoms with Crippen LogP contribution in [0.15, 0.2) is 35.1 Å². The zero-order valence-electron chi connectivity index (χ0n) is 23.9. The fraction of sp³-hybridized carbons (Fsp3) is 0.469. The smallest absolute Gasteiger partial charge is 0.267 e. The molecule has 2 atom stereocenters. The number of halogens is 2. The third kappa shape index (κ3) is 5.46. The predicted molar refractivity (Wildman–Crippen MR) is 153 cm³/mol. The maximum Gasteiger partial charge on any atom is 0.267 e. The Morgan fingerprint density at radius 1 is 1.00 bits per heavy atom. The summed E-state index contributed by atoms with van der Waals surface area (Å²) < 4.78 is 30.4. The molecule has 2 N–H and O–H groups in total. The third-order valence-corrected chi connectivity index (χ3v) is 8.46. The van der Waals surface area contributed by atoms with Crippen molar-refractivity contribution in [1.82, 2.24) is 14.7 Å². The summed E-state index contributed by atoms with van der Waals surface area (Å²) in [6.07, 6.45) is 1.33. The summed E-state index contributed by atoms with van der Waals surface area (Å²) in [7, 11) is 0. The van der Waals surface area contributed by atoms with Gasteiger partial charge in [0.2, 0.25) is 5.91 Å². The van der Waals surface area contributed by atoms with Crippen LogP contribution < -0.4 is 11.3 Å². The molecule has 212 valence electrons. The van der Waals surface area contributed by atoms with Gasteiger partial charge in [-0.05, 0) is 104 Å². The summed E-state index contributed by atoms with van der Waals surface area (Å²) in [6, 6.07) is 8.23. The molecule has 6 nitrogen and oxygen atoms in total. The second-order valence-electron chi connectivity index (χ2n) is 11.8. The summed E-state index contributed by atoms with van der Waals surface area (Å²) in [6.45, 7) is 11.1. The Hall–Kier alpha value is -3.39. The molecular weight excluding hydrogens is 510 g/mol. The lowest BCUT2D eigenvalue weighted by atomic mass is 9.82. The number of carbonyl (C=O) groups excluding carboxylic acids is 1. The highest BCUT2D eigenvalue weighted by Crippen LogP contribution is 2.49. The highest BCUT2D eigenvalue weighted by molar-refractivity contribution is 5.80. The normalized spacial score (nSPS) is 17.5. The van der Waals surface area contributed by atoms with Crippen molar-refractivity contribution < 1.29 is 13.6 Å². The van der Waals surface area contributed by atoms with Crippen molar-refractivity contribution in [3.05, 3.63) is 85.6 Å². The van der Waals surface area contributed by atoms with E-state index in [0.717, 1.165) is 40.7 Å². The van der Waals surface area contributed by atoms with E-state index in [1.165, 1.54) is 10.7 Å². The lowest BCUT2D eigenvalue weighted by Crippen LogP contribution is -2.49. The fourth-order valence-corrected chi connectivity index (χ4v) is 6.40. The SMILES string of the molecule is Cc1cc(C)c(-c2cc(C)c(F)c(C(C3CC3)C(C(N)=O)n3nc(CCN4CC(F)C4)c(C)cc3=O)c2)c(C)c1. The lowest BCUT2D eigenvalue weighted by molar-refractivity contribution is -0.122. The Labute approximate surface area is 234 Å². The van der Waals surface area contributed by atoms with Gasteiger partial charge in [-0.3, -0.25) is 14.5 Å². The van der Waals surface area contributed by atoms with Crippen molar-refractivity contribution in [2.45, 2.75) is 72.0 Å². The van der Waals surface area contributed by atoms with E-state index in [2.05, 4.69) is 17.2 Å². The minimum absolute atomic E-state index is 0.00268. The van der Waals surface area contributed by atoms with Crippen molar-refractivity contribution in [2.75, 3.05) is 19.6 Å². The number of alkyl halides is 1. The van der Waals surface area contributed by atoms with Crippen LogP contribution in [-0.4, -0.2) is 46.4 Å². The molecule has 1 aromatic heterocycles.